The van der Waals surface area contributed by atoms with Crippen LogP contribution in [0, 0.1) is 0 Å². The number of piperazine rings is 1. The van der Waals surface area contributed by atoms with Crippen LogP contribution in [-0.2, 0) is 6.42 Å². The van der Waals surface area contributed by atoms with Gasteiger partial charge in [0.15, 0.2) is 11.4 Å². The fourth-order valence-electron chi connectivity index (χ4n) is 4.04. The van der Waals surface area contributed by atoms with Crippen LogP contribution < -0.4 is 4.90 Å². The Morgan fingerprint density at radius 2 is 1.70 bits per heavy atom. The van der Waals surface area contributed by atoms with Gasteiger partial charge in [0.2, 0.25) is 0 Å². The molecular weight excluding hydrogens is 372 g/mol. The number of aryl methyl sites for hydroxylation is 1. The molecule has 30 heavy (non-hydrogen) atoms. The molecule has 1 fully saturated rings. The van der Waals surface area contributed by atoms with Crippen molar-refractivity contribution in [2.75, 3.05) is 37.6 Å². The molecule has 2 aromatic heterocycles. The van der Waals surface area contributed by atoms with Gasteiger partial charge in [0, 0.05) is 44.5 Å². The van der Waals surface area contributed by atoms with Gasteiger partial charge in [-0.3, -0.25) is 4.90 Å². The fraction of sp³-hybridized carbons (Fsp3) is 0.280. The predicted octanol–water partition coefficient (Wildman–Crippen LogP) is 4.77. The normalized spacial score (nSPS) is 15.6. The zero-order valence-electron chi connectivity index (χ0n) is 17.3. The molecule has 1 saturated heterocycles. The SMILES string of the molecule is CCc1nc(N2CCN(C/C=C/c3ccccc3)CC2)c2oc3ccccc3c2n1. The molecule has 0 unspecified atom stereocenters. The van der Waals surface area contributed by atoms with E-state index in [0.717, 1.165) is 72.9 Å². The summed E-state index contributed by atoms with van der Waals surface area (Å²) in [6, 6.07) is 18.6. The van der Waals surface area contributed by atoms with Crippen molar-refractivity contribution in [3.05, 3.63) is 72.1 Å². The second-order valence-corrected chi connectivity index (χ2v) is 7.69. The Kier molecular flexibility index (Phi) is 5.20. The summed E-state index contributed by atoms with van der Waals surface area (Å²) < 4.78 is 6.19. The van der Waals surface area contributed by atoms with Crippen molar-refractivity contribution in [2.24, 2.45) is 0 Å². The van der Waals surface area contributed by atoms with Crippen molar-refractivity contribution in [3.8, 4) is 0 Å². The Hall–Kier alpha value is -3.18. The Labute approximate surface area is 176 Å². The highest BCUT2D eigenvalue weighted by atomic mass is 16.3. The van der Waals surface area contributed by atoms with Crippen LogP contribution in [0.2, 0.25) is 0 Å². The lowest BCUT2D eigenvalue weighted by Crippen LogP contribution is -2.46. The van der Waals surface area contributed by atoms with Crippen LogP contribution in [-0.4, -0.2) is 47.6 Å². The van der Waals surface area contributed by atoms with Crippen molar-refractivity contribution >= 4 is 34.0 Å². The zero-order chi connectivity index (χ0) is 20.3. The topological polar surface area (TPSA) is 45.4 Å². The van der Waals surface area contributed by atoms with E-state index in [0.29, 0.717) is 0 Å². The highest BCUT2D eigenvalue weighted by molar-refractivity contribution is 6.05. The molecule has 4 aromatic rings. The Bertz CT molecular complexity index is 1170. The molecule has 0 amide bonds. The molecule has 0 N–H and O–H groups in total. The predicted molar refractivity (Wildman–Crippen MR) is 123 cm³/mol. The molecule has 2 aromatic carbocycles. The number of hydrogen-bond acceptors (Lipinski definition) is 5. The standard InChI is InChI=1S/C25H26N4O/c1-2-22-26-23-20-12-6-7-13-21(20)30-24(23)25(27-22)29-17-15-28(16-18-29)14-8-11-19-9-4-3-5-10-19/h3-13H,2,14-18H2,1H3/b11-8+. The number of fused-ring (bicyclic) bond motifs is 3. The van der Waals surface area contributed by atoms with Crippen molar-refractivity contribution in [2.45, 2.75) is 13.3 Å². The second kappa shape index (κ2) is 8.28. The lowest BCUT2D eigenvalue weighted by molar-refractivity contribution is 0.283. The van der Waals surface area contributed by atoms with Crippen molar-refractivity contribution in [3.63, 3.8) is 0 Å². The monoisotopic (exact) mass is 398 g/mol. The molecule has 5 rings (SSSR count). The first-order chi connectivity index (χ1) is 14.8. The molecular formula is C25H26N4O. The van der Waals surface area contributed by atoms with Gasteiger partial charge >= 0.3 is 0 Å². The number of nitrogens with zero attached hydrogens (tertiary/aromatic N) is 4. The summed E-state index contributed by atoms with van der Waals surface area (Å²) in [5.74, 6) is 1.81. The number of furan rings is 1. The molecule has 0 radical (unpaired) electrons. The van der Waals surface area contributed by atoms with Crippen molar-refractivity contribution in [1.82, 2.24) is 14.9 Å². The first-order valence-electron chi connectivity index (χ1n) is 10.7. The second-order valence-electron chi connectivity index (χ2n) is 7.69. The quantitative estimate of drug-likeness (QED) is 0.484. The first kappa shape index (κ1) is 18.8. The van der Waals surface area contributed by atoms with E-state index in [-0.39, 0.29) is 0 Å². The first-order valence-corrected chi connectivity index (χ1v) is 10.7. The van der Waals surface area contributed by atoms with E-state index >= 15 is 0 Å². The Morgan fingerprint density at radius 1 is 0.933 bits per heavy atom. The van der Waals surface area contributed by atoms with Gasteiger partial charge < -0.3 is 9.32 Å². The van der Waals surface area contributed by atoms with Crippen molar-refractivity contribution in [1.29, 1.82) is 0 Å². The summed E-state index contributed by atoms with van der Waals surface area (Å²) in [6.07, 6.45) is 5.26. The van der Waals surface area contributed by atoms with Crippen LogP contribution in [0.4, 0.5) is 5.82 Å². The summed E-state index contributed by atoms with van der Waals surface area (Å²) in [6.45, 7) is 6.95. The molecule has 0 spiro atoms. The lowest BCUT2D eigenvalue weighted by atomic mass is 10.2. The lowest BCUT2D eigenvalue weighted by Gasteiger charge is -2.34. The maximum Gasteiger partial charge on any atom is 0.196 e. The molecule has 0 atom stereocenters. The highest BCUT2D eigenvalue weighted by Crippen LogP contribution is 2.33. The molecule has 0 saturated carbocycles. The van der Waals surface area contributed by atoms with Gasteiger partial charge in [-0.05, 0) is 17.7 Å². The average molecular weight is 399 g/mol. The summed E-state index contributed by atoms with van der Waals surface area (Å²) in [5, 5.41) is 1.07. The van der Waals surface area contributed by atoms with Gasteiger partial charge in [0.25, 0.3) is 0 Å². The molecule has 152 valence electrons. The largest absolute Gasteiger partial charge is 0.450 e. The molecule has 1 aliphatic heterocycles. The van der Waals surface area contributed by atoms with E-state index in [1.165, 1.54) is 5.56 Å². The van der Waals surface area contributed by atoms with Crippen LogP contribution in [0.1, 0.15) is 18.3 Å². The summed E-state index contributed by atoms with van der Waals surface area (Å²) in [7, 11) is 0. The third-order valence-corrected chi connectivity index (χ3v) is 5.71. The van der Waals surface area contributed by atoms with Crippen LogP contribution >= 0.6 is 0 Å². The Balaban J connectivity index is 1.34. The van der Waals surface area contributed by atoms with Gasteiger partial charge in [0.05, 0.1) is 0 Å². The number of hydrogen-bond donors (Lipinski definition) is 0. The molecule has 5 heteroatoms. The van der Waals surface area contributed by atoms with Gasteiger partial charge in [0.1, 0.15) is 16.9 Å². The molecule has 5 nitrogen and oxygen atoms in total. The molecule has 3 heterocycles. The van der Waals surface area contributed by atoms with Crippen LogP contribution in [0.25, 0.3) is 28.1 Å². The maximum absolute atomic E-state index is 6.19. The van der Waals surface area contributed by atoms with Crippen LogP contribution in [0.3, 0.4) is 0 Å². The summed E-state index contributed by atoms with van der Waals surface area (Å²) in [4.78, 5) is 14.5. The van der Waals surface area contributed by atoms with E-state index < -0.39 is 0 Å². The minimum absolute atomic E-state index is 0.811. The van der Waals surface area contributed by atoms with E-state index in [1.54, 1.807) is 0 Å². The smallest absolute Gasteiger partial charge is 0.196 e. The van der Waals surface area contributed by atoms with Crippen molar-refractivity contribution < 1.29 is 4.42 Å². The van der Waals surface area contributed by atoms with Crippen LogP contribution in [0.15, 0.2) is 65.1 Å². The average Bonchev–Trinajstić information content (AvgIpc) is 3.18. The molecule has 1 aliphatic rings. The van der Waals surface area contributed by atoms with Crippen LogP contribution in [0.5, 0.6) is 0 Å². The minimum atomic E-state index is 0.811. The zero-order valence-corrected chi connectivity index (χ0v) is 17.3. The third-order valence-electron chi connectivity index (χ3n) is 5.71. The summed E-state index contributed by atoms with van der Waals surface area (Å²) >= 11 is 0. The third kappa shape index (κ3) is 3.68. The molecule has 0 aliphatic carbocycles. The number of anilines is 1. The Morgan fingerprint density at radius 3 is 2.50 bits per heavy atom. The van der Waals surface area contributed by atoms with E-state index in [1.807, 2.05) is 24.3 Å². The van der Waals surface area contributed by atoms with Gasteiger partial charge in [-0.1, -0.05) is 61.5 Å². The fourth-order valence-corrected chi connectivity index (χ4v) is 4.04. The number of para-hydroxylation sites is 1. The number of benzene rings is 2. The van der Waals surface area contributed by atoms with E-state index in [4.69, 9.17) is 14.4 Å². The van der Waals surface area contributed by atoms with E-state index in [9.17, 15) is 0 Å². The molecule has 0 bridgehead atoms. The van der Waals surface area contributed by atoms with Gasteiger partial charge in [-0.15, -0.1) is 0 Å². The van der Waals surface area contributed by atoms with E-state index in [2.05, 4.69) is 59.2 Å². The maximum atomic E-state index is 6.19. The number of rotatable bonds is 5. The minimum Gasteiger partial charge on any atom is -0.450 e. The summed E-state index contributed by atoms with van der Waals surface area (Å²) in [5.41, 5.74) is 3.86. The van der Waals surface area contributed by atoms with Gasteiger partial charge in [-0.25, -0.2) is 9.97 Å². The number of aromatic nitrogens is 2. The van der Waals surface area contributed by atoms with Gasteiger partial charge in [-0.2, -0.15) is 0 Å². The highest BCUT2D eigenvalue weighted by Gasteiger charge is 2.23.